The van der Waals surface area contributed by atoms with Crippen LogP contribution in [0.4, 0.5) is 5.69 Å². The number of carboxylic acids is 1. The highest BCUT2D eigenvalue weighted by Gasteiger charge is 2.23. The van der Waals surface area contributed by atoms with Gasteiger partial charge in [0, 0.05) is 5.69 Å². The largest absolute Gasteiger partial charge is 0.480 e. The van der Waals surface area contributed by atoms with E-state index in [0.717, 1.165) is 23.2 Å². The SMILES string of the molecule is CCCN(CC(=O)O)C(C)C(=O)NCC(=O)Nc1c(C)cccc1C. The lowest BCUT2D eigenvalue weighted by Crippen LogP contribution is -2.48. The summed E-state index contributed by atoms with van der Waals surface area (Å²) in [6.07, 6.45) is 0.734. The van der Waals surface area contributed by atoms with Crippen LogP contribution in [0.25, 0.3) is 0 Å². The molecule has 7 nitrogen and oxygen atoms in total. The summed E-state index contributed by atoms with van der Waals surface area (Å²) in [6, 6.07) is 5.09. The number of aryl methyl sites for hydroxylation is 2. The van der Waals surface area contributed by atoms with E-state index in [-0.39, 0.29) is 24.9 Å². The summed E-state index contributed by atoms with van der Waals surface area (Å²) in [5.74, 6) is -1.68. The molecule has 0 saturated carbocycles. The van der Waals surface area contributed by atoms with Gasteiger partial charge in [0.15, 0.2) is 0 Å². The van der Waals surface area contributed by atoms with Crippen molar-refractivity contribution in [3.05, 3.63) is 29.3 Å². The van der Waals surface area contributed by atoms with Crippen molar-refractivity contribution in [2.75, 3.05) is 25.0 Å². The molecule has 0 heterocycles. The Bertz CT molecular complexity index is 610. The predicted octanol–water partition coefficient (Wildman–Crippen LogP) is 1.54. The van der Waals surface area contributed by atoms with Crippen molar-refractivity contribution in [2.45, 2.75) is 40.2 Å². The monoisotopic (exact) mass is 349 g/mol. The molecule has 3 N–H and O–H groups in total. The highest BCUT2D eigenvalue weighted by Crippen LogP contribution is 2.18. The Morgan fingerprint density at radius 2 is 1.80 bits per heavy atom. The van der Waals surface area contributed by atoms with Gasteiger partial charge in [0.05, 0.1) is 19.1 Å². The van der Waals surface area contributed by atoms with E-state index >= 15 is 0 Å². The molecule has 2 amide bonds. The van der Waals surface area contributed by atoms with Crippen molar-refractivity contribution in [1.29, 1.82) is 0 Å². The minimum atomic E-state index is -0.985. The van der Waals surface area contributed by atoms with Gasteiger partial charge in [-0.2, -0.15) is 0 Å². The third-order valence-corrected chi connectivity index (χ3v) is 3.95. The third kappa shape index (κ3) is 6.54. The summed E-state index contributed by atoms with van der Waals surface area (Å²) in [5, 5.41) is 14.3. The van der Waals surface area contributed by atoms with E-state index in [1.807, 2.05) is 39.0 Å². The third-order valence-electron chi connectivity index (χ3n) is 3.95. The van der Waals surface area contributed by atoms with Gasteiger partial charge in [0.25, 0.3) is 0 Å². The van der Waals surface area contributed by atoms with E-state index in [0.29, 0.717) is 6.54 Å². The van der Waals surface area contributed by atoms with Gasteiger partial charge in [-0.3, -0.25) is 19.3 Å². The summed E-state index contributed by atoms with van der Waals surface area (Å²) in [5.41, 5.74) is 2.64. The molecule has 1 rings (SSSR count). The topological polar surface area (TPSA) is 98.7 Å². The van der Waals surface area contributed by atoms with Gasteiger partial charge >= 0.3 is 5.97 Å². The number of aliphatic carboxylic acids is 1. The van der Waals surface area contributed by atoms with Crippen LogP contribution in [0.15, 0.2) is 18.2 Å². The minimum Gasteiger partial charge on any atom is -0.480 e. The second-order valence-electron chi connectivity index (χ2n) is 6.07. The molecule has 0 aliphatic rings. The molecule has 0 aliphatic heterocycles. The maximum atomic E-state index is 12.2. The Morgan fingerprint density at radius 1 is 1.20 bits per heavy atom. The Hall–Kier alpha value is -2.41. The van der Waals surface area contributed by atoms with Crippen LogP contribution in [0.5, 0.6) is 0 Å². The molecule has 1 atom stereocenters. The first-order valence-electron chi connectivity index (χ1n) is 8.35. The lowest BCUT2D eigenvalue weighted by atomic mass is 10.1. The van der Waals surface area contributed by atoms with E-state index < -0.39 is 12.0 Å². The molecular weight excluding hydrogens is 322 g/mol. The quantitative estimate of drug-likeness (QED) is 0.628. The van der Waals surface area contributed by atoms with Crippen LogP contribution in [-0.4, -0.2) is 53.5 Å². The Kier molecular flexibility index (Phi) is 8.07. The molecule has 1 aromatic carbocycles. The van der Waals surface area contributed by atoms with E-state index in [2.05, 4.69) is 10.6 Å². The number of carboxylic acid groups (broad SMARTS) is 1. The smallest absolute Gasteiger partial charge is 0.317 e. The zero-order chi connectivity index (χ0) is 19.0. The van der Waals surface area contributed by atoms with Crippen LogP contribution in [0.1, 0.15) is 31.4 Å². The number of nitrogens with zero attached hydrogens (tertiary/aromatic N) is 1. The number of hydrogen-bond acceptors (Lipinski definition) is 4. The molecule has 1 aromatic rings. The molecule has 1 unspecified atom stereocenters. The molecule has 0 bridgehead atoms. The molecule has 0 spiro atoms. The van der Waals surface area contributed by atoms with Crippen LogP contribution < -0.4 is 10.6 Å². The normalized spacial score (nSPS) is 11.9. The fourth-order valence-electron chi connectivity index (χ4n) is 2.55. The first kappa shape index (κ1) is 20.6. The molecule has 0 aliphatic carbocycles. The van der Waals surface area contributed by atoms with Gasteiger partial charge in [-0.05, 0) is 44.9 Å². The number of para-hydroxylation sites is 1. The average Bonchev–Trinajstić information content (AvgIpc) is 2.54. The van der Waals surface area contributed by atoms with Gasteiger partial charge in [-0.15, -0.1) is 0 Å². The summed E-state index contributed by atoms with van der Waals surface area (Å²) >= 11 is 0. The van der Waals surface area contributed by atoms with Gasteiger partial charge in [-0.25, -0.2) is 0 Å². The van der Waals surface area contributed by atoms with Crippen molar-refractivity contribution < 1.29 is 19.5 Å². The molecular formula is C18H27N3O4. The van der Waals surface area contributed by atoms with Crippen molar-refractivity contribution >= 4 is 23.5 Å². The van der Waals surface area contributed by atoms with E-state index in [1.54, 1.807) is 11.8 Å². The van der Waals surface area contributed by atoms with Crippen molar-refractivity contribution in [1.82, 2.24) is 10.2 Å². The molecule has 0 fully saturated rings. The standard InChI is InChI=1S/C18H27N3O4/c1-5-9-21(11-16(23)24)14(4)18(25)19-10-15(22)20-17-12(2)7-6-8-13(17)3/h6-8,14H,5,9-11H2,1-4H3,(H,19,25)(H,20,22)(H,23,24). The van der Waals surface area contributed by atoms with Gasteiger partial charge < -0.3 is 15.7 Å². The van der Waals surface area contributed by atoms with Gasteiger partial charge in [-0.1, -0.05) is 25.1 Å². The van der Waals surface area contributed by atoms with Crippen LogP contribution in [0, 0.1) is 13.8 Å². The van der Waals surface area contributed by atoms with Crippen molar-refractivity contribution in [3.63, 3.8) is 0 Å². The Balaban J connectivity index is 2.59. The highest BCUT2D eigenvalue weighted by molar-refractivity contribution is 5.96. The lowest BCUT2D eigenvalue weighted by molar-refractivity contribution is -0.140. The Morgan fingerprint density at radius 3 is 2.32 bits per heavy atom. The van der Waals surface area contributed by atoms with Crippen molar-refractivity contribution in [3.8, 4) is 0 Å². The number of carbonyl (C=O) groups excluding carboxylic acids is 2. The maximum absolute atomic E-state index is 12.2. The number of hydrogen-bond donors (Lipinski definition) is 3. The molecule has 0 radical (unpaired) electrons. The minimum absolute atomic E-state index is 0.163. The number of amides is 2. The number of rotatable bonds is 9. The summed E-state index contributed by atoms with van der Waals surface area (Å²) in [6.45, 7) is 7.47. The fourth-order valence-corrected chi connectivity index (χ4v) is 2.55. The highest BCUT2D eigenvalue weighted by atomic mass is 16.4. The zero-order valence-corrected chi connectivity index (χ0v) is 15.3. The fraction of sp³-hybridized carbons (Fsp3) is 0.500. The summed E-state index contributed by atoms with van der Waals surface area (Å²) in [4.78, 5) is 36.8. The zero-order valence-electron chi connectivity index (χ0n) is 15.3. The molecule has 25 heavy (non-hydrogen) atoms. The van der Waals surface area contributed by atoms with Crippen LogP contribution in [-0.2, 0) is 14.4 Å². The summed E-state index contributed by atoms with van der Waals surface area (Å²) in [7, 11) is 0. The second kappa shape index (κ2) is 9.78. The van der Waals surface area contributed by atoms with Gasteiger partial charge in [0.2, 0.25) is 11.8 Å². The van der Waals surface area contributed by atoms with Crippen LogP contribution in [0.3, 0.4) is 0 Å². The predicted molar refractivity (Wildman–Crippen MR) is 96.5 cm³/mol. The maximum Gasteiger partial charge on any atom is 0.317 e. The van der Waals surface area contributed by atoms with Crippen molar-refractivity contribution in [2.24, 2.45) is 0 Å². The number of benzene rings is 1. The molecule has 0 saturated heterocycles. The number of nitrogens with one attached hydrogen (secondary N) is 2. The van der Waals surface area contributed by atoms with Gasteiger partial charge in [0.1, 0.15) is 0 Å². The first-order valence-corrected chi connectivity index (χ1v) is 8.35. The van der Waals surface area contributed by atoms with E-state index in [4.69, 9.17) is 5.11 Å². The summed E-state index contributed by atoms with van der Waals surface area (Å²) < 4.78 is 0. The lowest BCUT2D eigenvalue weighted by Gasteiger charge is -2.26. The number of anilines is 1. The average molecular weight is 349 g/mol. The van der Waals surface area contributed by atoms with Crippen LogP contribution >= 0.6 is 0 Å². The molecule has 138 valence electrons. The molecule has 0 aromatic heterocycles. The van der Waals surface area contributed by atoms with E-state index in [1.165, 1.54) is 0 Å². The first-order chi connectivity index (χ1) is 11.8. The van der Waals surface area contributed by atoms with Crippen LogP contribution in [0.2, 0.25) is 0 Å². The molecule has 7 heteroatoms. The second-order valence-corrected chi connectivity index (χ2v) is 6.07. The Labute approximate surface area is 148 Å². The number of carbonyl (C=O) groups is 3. The van der Waals surface area contributed by atoms with E-state index in [9.17, 15) is 14.4 Å².